The number of nitro benzene ring substituents is 1. The maximum Gasteiger partial charge on any atom is 0.273 e. The second kappa shape index (κ2) is 7.92. The van der Waals surface area contributed by atoms with Crippen LogP contribution in [-0.2, 0) is 5.75 Å². The van der Waals surface area contributed by atoms with Gasteiger partial charge in [0.15, 0.2) is 5.17 Å². The summed E-state index contributed by atoms with van der Waals surface area (Å²) in [4.78, 5) is 29.7. The van der Waals surface area contributed by atoms with Crippen molar-refractivity contribution in [1.29, 1.82) is 0 Å². The molecule has 0 atom stereocenters. The lowest BCUT2D eigenvalue weighted by Crippen LogP contribution is -2.32. The van der Waals surface area contributed by atoms with Crippen LogP contribution in [0.5, 0.6) is 0 Å². The van der Waals surface area contributed by atoms with Crippen molar-refractivity contribution >= 4 is 28.5 Å². The van der Waals surface area contributed by atoms with Crippen molar-refractivity contribution in [1.82, 2.24) is 4.90 Å². The SMILES string of the molecule is Cc1ccc(C)c(CSC2=NCCN2C(=O)c2ccc(C)c([N+](=O)[O-])c2)c1. The first-order valence-electron chi connectivity index (χ1n) is 8.67. The monoisotopic (exact) mass is 383 g/mol. The first-order valence-corrected chi connectivity index (χ1v) is 9.65. The van der Waals surface area contributed by atoms with Crippen molar-refractivity contribution in [3.05, 3.63) is 74.3 Å². The van der Waals surface area contributed by atoms with Crippen LogP contribution in [0.25, 0.3) is 0 Å². The van der Waals surface area contributed by atoms with E-state index in [9.17, 15) is 14.9 Å². The molecule has 0 fully saturated rings. The molecule has 1 aliphatic rings. The lowest BCUT2D eigenvalue weighted by molar-refractivity contribution is -0.385. The van der Waals surface area contributed by atoms with Crippen LogP contribution in [0.2, 0.25) is 0 Å². The van der Waals surface area contributed by atoms with Crippen molar-refractivity contribution in [2.24, 2.45) is 4.99 Å². The Bertz CT molecular complexity index is 940. The molecule has 0 unspecified atom stereocenters. The van der Waals surface area contributed by atoms with Crippen LogP contribution >= 0.6 is 11.8 Å². The summed E-state index contributed by atoms with van der Waals surface area (Å²) in [5.74, 6) is 0.479. The van der Waals surface area contributed by atoms with Crippen LogP contribution in [0.3, 0.4) is 0 Å². The second-order valence-electron chi connectivity index (χ2n) is 6.60. The number of aliphatic imine (C=N–C) groups is 1. The number of carbonyl (C=O) groups is 1. The number of hydrogen-bond donors (Lipinski definition) is 0. The van der Waals surface area contributed by atoms with E-state index in [2.05, 4.69) is 37.0 Å². The molecule has 27 heavy (non-hydrogen) atoms. The normalized spacial score (nSPS) is 13.6. The van der Waals surface area contributed by atoms with E-state index in [-0.39, 0.29) is 11.6 Å². The highest BCUT2D eigenvalue weighted by Crippen LogP contribution is 2.25. The van der Waals surface area contributed by atoms with E-state index >= 15 is 0 Å². The summed E-state index contributed by atoms with van der Waals surface area (Å²) in [6.45, 7) is 6.83. The number of carbonyl (C=O) groups excluding carboxylic acids is 1. The van der Waals surface area contributed by atoms with E-state index in [4.69, 9.17) is 0 Å². The van der Waals surface area contributed by atoms with Gasteiger partial charge in [0.05, 0.1) is 11.5 Å². The van der Waals surface area contributed by atoms with Gasteiger partial charge >= 0.3 is 0 Å². The summed E-state index contributed by atoms with van der Waals surface area (Å²) in [6.07, 6.45) is 0. The molecule has 2 aromatic carbocycles. The van der Waals surface area contributed by atoms with Crippen LogP contribution in [0.4, 0.5) is 5.69 Å². The number of nitrogens with zero attached hydrogens (tertiary/aromatic N) is 3. The molecule has 0 saturated carbocycles. The minimum Gasteiger partial charge on any atom is -0.286 e. The van der Waals surface area contributed by atoms with Crippen molar-refractivity contribution in [2.45, 2.75) is 26.5 Å². The molecule has 0 aromatic heterocycles. The molecular formula is C20H21N3O3S. The number of hydrogen-bond acceptors (Lipinski definition) is 5. The number of rotatable bonds is 4. The summed E-state index contributed by atoms with van der Waals surface area (Å²) >= 11 is 1.53. The second-order valence-corrected chi connectivity index (χ2v) is 7.54. The van der Waals surface area contributed by atoms with Crippen molar-refractivity contribution in [3.63, 3.8) is 0 Å². The van der Waals surface area contributed by atoms with Crippen molar-refractivity contribution in [3.8, 4) is 0 Å². The van der Waals surface area contributed by atoms with E-state index in [0.717, 1.165) is 5.75 Å². The maximum absolute atomic E-state index is 12.9. The molecule has 1 aliphatic heterocycles. The largest absolute Gasteiger partial charge is 0.286 e. The molecule has 1 amide bonds. The van der Waals surface area contributed by atoms with Gasteiger partial charge in [0, 0.05) is 29.5 Å². The van der Waals surface area contributed by atoms with Gasteiger partial charge in [0.1, 0.15) is 0 Å². The first kappa shape index (κ1) is 19.1. The van der Waals surface area contributed by atoms with Gasteiger partial charge in [-0.1, -0.05) is 41.6 Å². The van der Waals surface area contributed by atoms with Crippen LogP contribution in [-0.4, -0.2) is 34.0 Å². The Morgan fingerprint density at radius 2 is 1.93 bits per heavy atom. The van der Waals surface area contributed by atoms with E-state index in [1.54, 1.807) is 24.0 Å². The van der Waals surface area contributed by atoms with Gasteiger partial charge in [-0.3, -0.25) is 24.8 Å². The number of amidine groups is 1. The molecule has 140 valence electrons. The predicted molar refractivity (Wildman–Crippen MR) is 108 cm³/mol. The minimum atomic E-state index is -0.458. The Morgan fingerprint density at radius 1 is 1.19 bits per heavy atom. The van der Waals surface area contributed by atoms with Gasteiger partial charge in [-0.15, -0.1) is 0 Å². The van der Waals surface area contributed by atoms with Crippen LogP contribution in [0, 0.1) is 30.9 Å². The minimum absolute atomic E-state index is 0.0402. The van der Waals surface area contributed by atoms with Gasteiger partial charge in [-0.05, 0) is 38.0 Å². The third-order valence-corrected chi connectivity index (χ3v) is 5.62. The zero-order chi connectivity index (χ0) is 19.6. The number of nitro groups is 1. The van der Waals surface area contributed by atoms with Crippen LogP contribution in [0.15, 0.2) is 41.4 Å². The molecule has 6 nitrogen and oxygen atoms in total. The third kappa shape index (κ3) is 4.19. The Labute approximate surface area is 162 Å². The molecule has 0 N–H and O–H groups in total. The fourth-order valence-electron chi connectivity index (χ4n) is 2.93. The smallest absolute Gasteiger partial charge is 0.273 e. The van der Waals surface area contributed by atoms with E-state index in [1.807, 2.05) is 0 Å². The molecule has 0 radical (unpaired) electrons. The summed E-state index contributed by atoms with van der Waals surface area (Å²) in [7, 11) is 0. The van der Waals surface area contributed by atoms with Crippen LogP contribution in [0.1, 0.15) is 32.6 Å². The molecule has 3 rings (SSSR count). The molecule has 1 heterocycles. The molecule has 0 aliphatic carbocycles. The summed E-state index contributed by atoms with van der Waals surface area (Å²) in [5, 5.41) is 11.8. The van der Waals surface area contributed by atoms with Gasteiger partial charge in [-0.25, -0.2) is 0 Å². The lowest BCUT2D eigenvalue weighted by atomic mass is 10.1. The summed E-state index contributed by atoms with van der Waals surface area (Å²) in [5.41, 5.74) is 4.43. The molecule has 0 spiro atoms. The predicted octanol–water partition coefficient (Wildman–Crippen LogP) is 4.27. The lowest BCUT2D eigenvalue weighted by Gasteiger charge is -2.18. The van der Waals surface area contributed by atoms with E-state index in [1.165, 1.54) is 34.5 Å². The first-order chi connectivity index (χ1) is 12.9. The number of benzene rings is 2. The zero-order valence-electron chi connectivity index (χ0n) is 15.6. The highest BCUT2D eigenvalue weighted by molar-refractivity contribution is 8.13. The Balaban J connectivity index is 1.76. The number of thioether (sulfide) groups is 1. The highest BCUT2D eigenvalue weighted by Gasteiger charge is 2.26. The van der Waals surface area contributed by atoms with Gasteiger partial charge in [-0.2, -0.15) is 0 Å². The average molecular weight is 383 g/mol. The van der Waals surface area contributed by atoms with Crippen molar-refractivity contribution in [2.75, 3.05) is 13.1 Å². The topological polar surface area (TPSA) is 75.8 Å². The third-order valence-electron chi connectivity index (χ3n) is 4.56. The molecule has 7 heteroatoms. The van der Waals surface area contributed by atoms with Gasteiger partial charge in [0.2, 0.25) is 0 Å². The van der Waals surface area contributed by atoms with Gasteiger partial charge < -0.3 is 0 Å². The quantitative estimate of drug-likeness (QED) is 0.584. The molecule has 0 saturated heterocycles. The molecule has 2 aromatic rings. The highest BCUT2D eigenvalue weighted by atomic mass is 32.2. The standard InChI is InChI=1S/C20H21N3O3S/c1-13-4-5-14(2)17(10-13)12-27-20-21-8-9-22(20)19(24)16-7-6-15(3)18(11-16)23(25)26/h4-7,10-11H,8-9,12H2,1-3H3. The summed E-state index contributed by atoms with van der Waals surface area (Å²) < 4.78 is 0. The fourth-order valence-corrected chi connectivity index (χ4v) is 4.04. The molecule has 0 bridgehead atoms. The number of aryl methyl sites for hydroxylation is 3. The Hall–Kier alpha value is -2.67. The fraction of sp³-hybridized carbons (Fsp3) is 0.300. The van der Waals surface area contributed by atoms with Crippen molar-refractivity contribution < 1.29 is 9.72 Å². The van der Waals surface area contributed by atoms with E-state index in [0.29, 0.717) is 29.4 Å². The maximum atomic E-state index is 12.9. The molecular weight excluding hydrogens is 362 g/mol. The van der Waals surface area contributed by atoms with Gasteiger partial charge in [0.25, 0.3) is 11.6 Å². The average Bonchev–Trinajstić information content (AvgIpc) is 3.10. The van der Waals surface area contributed by atoms with E-state index < -0.39 is 4.92 Å². The number of amides is 1. The zero-order valence-corrected chi connectivity index (χ0v) is 16.4. The summed E-state index contributed by atoms with van der Waals surface area (Å²) in [6, 6.07) is 10.9. The Kier molecular flexibility index (Phi) is 5.60. The Morgan fingerprint density at radius 3 is 2.67 bits per heavy atom. The van der Waals surface area contributed by atoms with Crippen LogP contribution < -0.4 is 0 Å².